The minimum absolute atomic E-state index is 0.735. The highest BCUT2D eigenvalue weighted by Gasteiger charge is 2.61. The van der Waals surface area contributed by atoms with Crippen LogP contribution in [0.15, 0.2) is 0 Å². The molecule has 60 heteroatoms. The van der Waals surface area contributed by atoms with Gasteiger partial charge in [-0.25, -0.2) is 30.5 Å². The third kappa shape index (κ3) is 22.9. The number of carbonyl (C=O) groups is 2. The maximum Gasteiger partial charge on any atom is 0.397 e. The van der Waals surface area contributed by atoms with Crippen LogP contribution in [0, 0.1) is 0 Å². The zero-order valence-corrected chi connectivity index (χ0v) is 50.5. The van der Waals surface area contributed by atoms with Crippen LogP contribution >= 0.6 is 0 Å². The maximum absolute atomic E-state index is 13.0. The van der Waals surface area contributed by atoms with Gasteiger partial charge in [0.2, 0.25) is 0 Å². The van der Waals surface area contributed by atoms with Crippen molar-refractivity contribution in [2.24, 2.45) is 0 Å². The monoisotopic (exact) mass is 1510 g/mol. The van der Waals surface area contributed by atoms with Crippen molar-refractivity contribution in [3.05, 3.63) is 0 Å². The van der Waals surface area contributed by atoms with Gasteiger partial charge in [-0.2, -0.15) is 81.5 Å². The summed E-state index contributed by atoms with van der Waals surface area (Å²) in [7, 11) is -45.9. The fourth-order valence-corrected chi connectivity index (χ4v) is 12.7. The Labute approximate surface area is 509 Å². The second kappa shape index (κ2) is 29.9. The molecule has 0 aliphatic carbocycles. The molecule has 19 N–H and O–H groups in total. The summed E-state index contributed by atoms with van der Waals surface area (Å²) < 4.78 is 346. The van der Waals surface area contributed by atoms with Crippen LogP contribution in [-0.4, -0.2) is 337 Å². The summed E-state index contributed by atoms with van der Waals surface area (Å²) in [5, 5.41) is 87.8. The van der Waals surface area contributed by atoms with Gasteiger partial charge in [0.1, 0.15) is 104 Å². The summed E-state index contributed by atoms with van der Waals surface area (Å²) >= 11 is 0. The fraction of sp³-hybridized carbons (Fsp3) is 0.935. The first-order valence-electron chi connectivity index (χ1n) is 23.5. The van der Waals surface area contributed by atoms with Crippen molar-refractivity contribution in [1.29, 1.82) is 0 Å². The van der Waals surface area contributed by atoms with Crippen LogP contribution in [0.2, 0.25) is 0 Å². The lowest BCUT2D eigenvalue weighted by Crippen LogP contribution is -2.71. The molecule has 0 aromatic heterocycles. The molecular formula is C31H53N3O49S8. The highest BCUT2D eigenvalue weighted by molar-refractivity contribution is 7.84. The number of hydrogen-bond donors (Lipinski definition) is 19. The van der Waals surface area contributed by atoms with Crippen LogP contribution in [0.5, 0.6) is 0 Å². The lowest BCUT2D eigenvalue weighted by molar-refractivity contribution is -0.373. The summed E-state index contributed by atoms with van der Waals surface area (Å²) in [5.41, 5.74) is 0. The third-order valence-electron chi connectivity index (χ3n) is 12.4. The van der Waals surface area contributed by atoms with E-state index < -0.39 is 268 Å². The zero-order valence-electron chi connectivity index (χ0n) is 43.9. The number of rotatable bonds is 30. The minimum atomic E-state index is -6.36. The van der Waals surface area contributed by atoms with Crippen molar-refractivity contribution in [3.8, 4) is 0 Å². The Morgan fingerprint density at radius 1 is 0.352 bits per heavy atom. The molecule has 534 valence electrons. The lowest BCUT2D eigenvalue weighted by Gasteiger charge is -2.50. The normalized spacial score (nSPS) is 38.6. The molecule has 0 aromatic carbocycles. The summed E-state index contributed by atoms with van der Waals surface area (Å²) in [5.74, 6) is -4.91. The number of carboxylic acid groups (broad SMARTS) is 2. The number of aliphatic hydroxyl groups is 6. The predicted octanol–water partition coefficient (Wildman–Crippen LogP) is -13.8. The number of hydrogen-bond acceptors (Lipinski definition) is 39. The predicted molar refractivity (Wildman–Crippen MR) is 262 cm³/mol. The lowest BCUT2D eigenvalue weighted by atomic mass is 9.94. The first-order chi connectivity index (χ1) is 41.2. The third-order valence-corrected chi connectivity index (χ3v) is 16.4. The Balaban J connectivity index is 1.60. The van der Waals surface area contributed by atoms with Crippen LogP contribution < -0.4 is 14.2 Å². The van der Waals surface area contributed by atoms with E-state index in [1.807, 2.05) is 0 Å². The van der Waals surface area contributed by atoms with Crippen LogP contribution in [0.25, 0.3) is 0 Å². The van der Waals surface area contributed by atoms with Gasteiger partial charge < -0.3 is 88.2 Å². The smallest absolute Gasteiger partial charge is 0.397 e. The Kier molecular flexibility index (Phi) is 26.0. The topological polar surface area (TPSA) is 805 Å². The highest BCUT2D eigenvalue weighted by Crippen LogP contribution is 2.39. The molecule has 25 atom stereocenters. The second-order valence-electron chi connectivity index (χ2n) is 18.7. The number of ether oxygens (including phenoxy) is 10. The van der Waals surface area contributed by atoms with Crippen molar-refractivity contribution in [2.45, 2.75) is 153 Å². The molecule has 0 saturated carbocycles. The molecule has 91 heavy (non-hydrogen) atoms. The summed E-state index contributed by atoms with van der Waals surface area (Å²) in [6.07, 6.45) is -63.6. The van der Waals surface area contributed by atoms with Gasteiger partial charge >= 0.3 is 94.8 Å². The fourth-order valence-electron chi connectivity index (χ4n) is 8.98. The number of methoxy groups -OCH3 is 1. The van der Waals surface area contributed by atoms with Crippen LogP contribution in [0.4, 0.5) is 0 Å². The molecule has 0 unspecified atom stereocenters. The van der Waals surface area contributed by atoms with Crippen molar-refractivity contribution in [3.63, 3.8) is 0 Å². The number of carboxylic acids is 2. The molecule has 5 heterocycles. The molecule has 0 amide bonds. The van der Waals surface area contributed by atoms with Gasteiger partial charge in [-0.3, -0.25) is 36.4 Å². The molecule has 0 spiro atoms. The van der Waals surface area contributed by atoms with E-state index in [2.05, 4.69) is 20.9 Å². The van der Waals surface area contributed by atoms with E-state index in [-0.39, 0.29) is 0 Å². The number of aliphatic carboxylic acids is 2. The average Bonchev–Trinajstić information content (AvgIpc) is 0.767. The molecule has 0 radical (unpaired) electrons. The summed E-state index contributed by atoms with van der Waals surface area (Å²) in [6, 6.07) is -8.17. The van der Waals surface area contributed by atoms with E-state index in [9.17, 15) is 150 Å². The Hall–Kier alpha value is -2.74. The first kappa shape index (κ1) is 79.0. The van der Waals surface area contributed by atoms with Crippen LogP contribution in [0.1, 0.15) is 0 Å². The minimum Gasteiger partial charge on any atom is -0.479 e. The molecule has 0 aromatic rings. The largest absolute Gasteiger partial charge is 0.479 e. The number of aliphatic hydroxyl groups excluding tert-OH is 6. The van der Waals surface area contributed by atoms with E-state index in [0.29, 0.717) is 0 Å². The van der Waals surface area contributed by atoms with E-state index in [0.717, 1.165) is 11.8 Å². The highest BCUT2D eigenvalue weighted by atomic mass is 32.3. The second-order valence-corrected chi connectivity index (χ2v) is 27.6. The Morgan fingerprint density at radius 2 is 0.703 bits per heavy atom. The van der Waals surface area contributed by atoms with Gasteiger partial charge in [0, 0.05) is 7.11 Å². The van der Waals surface area contributed by atoms with Crippen LogP contribution in [-0.2, 0) is 161 Å². The van der Waals surface area contributed by atoms with Gasteiger partial charge in [-0.05, 0) is 0 Å². The quantitative estimate of drug-likeness (QED) is 0.0297. The molecule has 5 aliphatic rings. The van der Waals surface area contributed by atoms with Gasteiger partial charge in [0.05, 0.1) is 19.8 Å². The van der Waals surface area contributed by atoms with E-state index in [4.69, 9.17) is 51.9 Å². The van der Waals surface area contributed by atoms with Gasteiger partial charge in [0.25, 0.3) is 0 Å². The molecule has 0 bridgehead atoms. The zero-order chi connectivity index (χ0) is 69.4. The molecule has 5 saturated heterocycles. The first-order valence-corrected chi connectivity index (χ1v) is 34.7. The van der Waals surface area contributed by atoms with Gasteiger partial charge in [0.15, 0.2) is 49.8 Å². The molecule has 5 rings (SSSR count). The van der Waals surface area contributed by atoms with Crippen LogP contribution in [0.3, 0.4) is 0 Å². The van der Waals surface area contributed by atoms with E-state index in [1.165, 1.54) is 9.44 Å². The van der Waals surface area contributed by atoms with E-state index >= 15 is 0 Å². The number of nitrogens with one attached hydrogen (secondary N) is 3. The molecule has 52 nitrogen and oxygen atoms in total. The van der Waals surface area contributed by atoms with Crippen molar-refractivity contribution in [2.75, 3.05) is 26.9 Å². The van der Waals surface area contributed by atoms with Gasteiger partial charge in [-0.15, -0.1) is 0 Å². The molecular weight excluding hydrogens is 1450 g/mol. The average molecular weight is 1510 g/mol. The summed E-state index contributed by atoms with van der Waals surface area (Å²) in [4.78, 5) is 25.8. The van der Waals surface area contributed by atoms with Crippen molar-refractivity contribution in [1.82, 2.24) is 14.2 Å². The maximum atomic E-state index is 13.0. The SMILES string of the molecule is CO[C@@H]1O[C@H](COS(=O)(=O)O)[C@H](O[C@H]2O[C@@H](C(=O)O)[C@@H](O[C@@H]3O[C@H](COS(=O)(=O)O)[C@H](O[C@H]4O[C@@H](C(=O)O)[C@@H](O[C@@H]5O[C@H](COS(=O)(=O)O)[C@H](O)[C@H](O)[C@@H]5NS(=O)(=O)O)[C@@H](O)[C@H]4O)[C@H](OS(=O)(=O)O)[C@@H]3NS(=O)(=O)O)[C@@H](O)[C@H]2OS(=O)(=O)O)[C@H](O)[C@@H]1NS(=O)(=O)O. The van der Waals surface area contributed by atoms with Crippen molar-refractivity contribution >= 4 is 94.8 Å². The van der Waals surface area contributed by atoms with E-state index in [1.54, 1.807) is 0 Å². The van der Waals surface area contributed by atoms with Gasteiger partial charge in [-0.1, -0.05) is 0 Å². The molecule has 5 fully saturated rings. The Morgan fingerprint density at radius 3 is 1.13 bits per heavy atom. The standard InChI is InChI=1S/C31H53N3O49S8/c1-69-27-9(33-85(48,49)50)13(37)17(6(74-27)3-71-88(57,58)59)76-31-22(83-91(66,67)68)16(40)21(24(81-31)26(43)44)79-29-10(34-86(51,52)53)19(82-90(63,64)65)18(7(75-29)4-72-89(60,61)62)77-30-15(39)14(38)20(23(80-30)25(41)42)78-28-8(32-84(45,46)47)12(36)11(35)5(73-28)2-70-87(54,55)56/h5-24,27-40H,2-4H2,1H3,(H,41,42)(H,43,44)(H,45,46,47)(H,48,49,50)(H,51,52,53)(H,54,55,56)(H,57,58,59)(H,60,61,62)(H,63,64,65)(H,66,67,68)/t5-,6-,7-,8+,9+,10+,11+,12-,13-,14+,15-,16-,17+,18+,19-,20+,21+,22-,23-,24-,27-,28+,29+,30+,31+/m1/s1. The Bertz CT molecular complexity index is 3490. The van der Waals surface area contributed by atoms with Crippen molar-refractivity contribution < 1.29 is 222 Å². The molecule has 5 aliphatic heterocycles. The summed E-state index contributed by atoms with van der Waals surface area (Å²) in [6.45, 7) is -5.06.